The van der Waals surface area contributed by atoms with Crippen molar-refractivity contribution in [1.29, 1.82) is 0 Å². The van der Waals surface area contributed by atoms with Gasteiger partial charge in [0.1, 0.15) is 0 Å². The molecule has 102 valence electrons. The molecule has 0 saturated carbocycles. The van der Waals surface area contributed by atoms with Gasteiger partial charge in [-0.3, -0.25) is 4.79 Å². The fraction of sp³-hybridized carbons (Fsp3) is 0.533. The SMILES string of the molecule is CCC1OCCC1C(N)c1ccc2c(c1)CC(=O)N2. The lowest BCUT2D eigenvalue weighted by molar-refractivity contribution is -0.115. The van der Waals surface area contributed by atoms with Gasteiger partial charge in [-0.1, -0.05) is 19.1 Å². The van der Waals surface area contributed by atoms with Crippen molar-refractivity contribution < 1.29 is 9.53 Å². The monoisotopic (exact) mass is 260 g/mol. The number of anilines is 1. The van der Waals surface area contributed by atoms with E-state index in [1.165, 1.54) is 0 Å². The molecule has 1 aromatic carbocycles. The second-order valence-corrected chi connectivity index (χ2v) is 5.44. The van der Waals surface area contributed by atoms with Gasteiger partial charge in [-0.25, -0.2) is 0 Å². The van der Waals surface area contributed by atoms with Crippen LogP contribution >= 0.6 is 0 Å². The number of ether oxygens (including phenoxy) is 1. The van der Waals surface area contributed by atoms with Gasteiger partial charge in [0, 0.05) is 24.3 Å². The molecule has 19 heavy (non-hydrogen) atoms. The first kappa shape index (κ1) is 12.6. The largest absolute Gasteiger partial charge is 0.378 e. The first-order valence-corrected chi connectivity index (χ1v) is 6.99. The molecule has 3 N–H and O–H groups in total. The Kier molecular flexibility index (Phi) is 3.29. The third-order valence-corrected chi connectivity index (χ3v) is 4.26. The van der Waals surface area contributed by atoms with E-state index in [0.717, 1.165) is 36.3 Å². The summed E-state index contributed by atoms with van der Waals surface area (Å²) in [5.41, 5.74) is 9.51. The van der Waals surface area contributed by atoms with Gasteiger partial charge < -0.3 is 15.8 Å². The zero-order chi connectivity index (χ0) is 13.4. The summed E-state index contributed by atoms with van der Waals surface area (Å²) in [5.74, 6) is 0.449. The zero-order valence-electron chi connectivity index (χ0n) is 11.2. The molecule has 0 spiro atoms. The van der Waals surface area contributed by atoms with E-state index >= 15 is 0 Å². The van der Waals surface area contributed by atoms with E-state index in [1.807, 2.05) is 12.1 Å². The van der Waals surface area contributed by atoms with Crippen molar-refractivity contribution in [2.75, 3.05) is 11.9 Å². The maximum Gasteiger partial charge on any atom is 0.228 e. The molecule has 0 bridgehead atoms. The van der Waals surface area contributed by atoms with Gasteiger partial charge in [0.15, 0.2) is 0 Å². The van der Waals surface area contributed by atoms with Crippen LogP contribution in [-0.4, -0.2) is 18.6 Å². The van der Waals surface area contributed by atoms with Gasteiger partial charge in [-0.2, -0.15) is 0 Å². The second-order valence-electron chi connectivity index (χ2n) is 5.44. The van der Waals surface area contributed by atoms with Gasteiger partial charge in [-0.05, 0) is 30.0 Å². The average molecular weight is 260 g/mol. The van der Waals surface area contributed by atoms with Gasteiger partial charge in [0.25, 0.3) is 0 Å². The minimum atomic E-state index is -0.00606. The van der Waals surface area contributed by atoms with Crippen molar-refractivity contribution in [1.82, 2.24) is 0 Å². The van der Waals surface area contributed by atoms with Crippen LogP contribution in [0.15, 0.2) is 18.2 Å². The van der Waals surface area contributed by atoms with E-state index < -0.39 is 0 Å². The lowest BCUT2D eigenvalue weighted by atomic mass is 9.86. The van der Waals surface area contributed by atoms with Crippen molar-refractivity contribution in [3.05, 3.63) is 29.3 Å². The van der Waals surface area contributed by atoms with Crippen LogP contribution < -0.4 is 11.1 Å². The summed E-state index contributed by atoms with van der Waals surface area (Å²) < 4.78 is 5.72. The average Bonchev–Trinajstić information content (AvgIpc) is 3.01. The highest BCUT2D eigenvalue weighted by Gasteiger charge is 2.33. The number of amides is 1. The molecule has 3 unspecified atom stereocenters. The molecule has 0 radical (unpaired) electrons. The summed E-state index contributed by atoms with van der Waals surface area (Å²) in [6.45, 7) is 2.95. The Labute approximate surface area is 113 Å². The van der Waals surface area contributed by atoms with Crippen LogP contribution in [0.2, 0.25) is 0 Å². The van der Waals surface area contributed by atoms with Crippen LogP contribution in [0.1, 0.15) is 36.9 Å². The van der Waals surface area contributed by atoms with Crippen molar-refractivity contribution in [3.63, 3.8) is 0 Å². The first-order chi connectivity index (χ1) is 9.19. The zero-order valence-corrected chi connectivity index (χ0v) is 11.2. The highest BCUT2D eigenvalue weighted by molar-refractivity contribution is 5.99. The Morgan fingerprint density at radius 2 is 2.37 bits per heavy atom. The molecule has 2 aliphatic rings. The predicted molar refractivity (Wildman–Crippen MR) is 73.8 cm³/mol. The molecule has 0 aliphatic carbocycles. The Bertz CT molecular complexity index is 501. The van der Waals surface area contributed by atoms with E-state index in [9.17, 15) is 4.79 Å². The van der Waals surface area contributed by atoms with E-state index in [2.05, 4.69) is 18.3 Å². The molecule has 3 rings (SSSR count). The van der Waals surface area contributed by atoms with Crippen LogP contribution in [0.5, 0.6) is 0 Å². The second kappa shape index (κ2) is 4.94. The van der Waals surface area contributed by atoms with Crippen molar-refractivity contribution in [3.8, 4) is 0 Å². The molecule has 2 heterocycles. The highest BCUT2D eigenvalue weighted by Crippen LogP contribution is 2.35. The number of hydrogen-bond acceptors (Lipinski definition) is 3. The fourth-order valence-corrected chi connectivity index (χ4v) is 3.20. The third kappa shape index (κ3) is 2.26. The maximum absolute atomic E-state index is 11.4. The minimum absolute atomic E-state index is 0.00606. The summed E-state index contributed by atoms with van der Waals surface area (Å²) in [5, 5.41) is 2.85. The van der Waals surface area contributed by atoms with Gasteiger partial charge in [0.05, 0.1) is 12.5 Å². The Balaban J connectivity index is 1.82. The molecular weight excluding hydrogens is 240 g/mol. The van der Waals surface area contributed by atoms with E-state index in [0.29, 0.717) is 12.3 Å². The van der Waals surface area contributed by atoms with E-state index in [1.54, 1.807) is 0 Å². The summed E-state index contributed by atoms with van der Waals surface area (Å²) >= 11 is 0. The quantitative estimate of drug-likeness (QED) is 0.873. The number of nitrogens with one attached hydrogen (secondary N) is 1. The number of rotatable bonds is 3. The maximum atomic E-state index is 11.4. The van der Waals surface area contributed by atoms with Crippen molar-refractivity contribution in [2.24, 2.45) is 11.7 Å². The van der Waals surface area contributed by atoms with Crippen LogP contribution in [0, 0.1) is 5.92 Å². The highest BCUT2D eigenvalue weighted by atomic mass is 16.5. The topological polar surface area (TPSA) is 64.3 Å². The molecular formula is C15H20N2O2. The number of nitrogens with two attached hydrogens (primary N) is 1. The summed E-state index contributed by atoms with van der Waals surface area (Å²) in [7, 11) is 0. The molecule has 4 heteroatoms. The van der Waals surface area contributed by atoms with Crippen LogP contribution in [0.3, 0.4) is 0 Å². The molecule has 0 aromatic heterocycles. The normalized spacial score (nSPS) is 27.2. The molecule has 2 aliphatic heterocycles. The molecule has 1 saturated heterocycles. The van der Waals surface area contributed by atoms with E-state index in [4.69, 9.17) is 10.5 Å². The lowest BCUT2D eigenvalue weighted by Gasteiger charge is -2.24. The predicted octanol–water partition coefficient (Wildman–Crippen LogP) is 2.00. The molecule has 4 nitrogen and oxygen atoms in total. The van der Waals surface area contributed by atoms with Gasteiger partial charge >= 0.3 is 0 Å². The standard InChI is InChI=1S/C15H20N2O2/c1-2-13-11(5-6-19-13)15(16)9-3-4-12-10(7-9)8-14(18)17-12/h3-4,7,11,13,15H,2,5-6,8,16H2,1H3,(H,17,18). The lowest BCUT2D eigenvalue weighted by Crippen LogP contribution is -2.28. The molecule has 1 amide bonds. The summed E-state index contributed by atoms with van der Waals surface area (Å²) in [6, 6.07) is 6.06. The smallest absolute Gasteiger partial charge is 0.228 e. The number of hydrogen-bond donors (Lipinski definition) is 2. The Hall–Kier alpha value is -1.39. The molecule has 3 atom stereocenters. The van der Waals surface area contributed by atoms with Gasteiger partial charge in [-0.15, -0.1) is 0 Å². The third-order valence-electron chi connectivity index (χ3n) is 4.26. The number of fused-ring (bicyclic) bond motifs is 1. The van der Waals surface area contributed by atoms with Gasteiger partial charge in [0.2, 0.25) is 5.91 Å². The number of benzene rings is 1. The summed E-state index contributed by atoms with van der Waals surface area (Å²) in [6.07, 6.45) is 2.76. The van der Waals surface area contributed by atoms with Crippen LogP contribution in [0.4, 0.5) is 5.69 Å². The number of carbonyl (C=O) groups is 1. The first-order valence-electron chi connectivity index (χ1n) is 6.99. The van der Waals surface area contributed by atoms with E-state index in [-0.39, 0.29) is 18.1 Å². The van der Waals surface area contributed by atoms with Crippen molar-refractivity contribution >= 4 is 11.6 Å². The van der Waals surface area contributed by atoms with Crippen molar-refractivity contribution in [2.45, 2.75) is 38.3 Å². The fourth-order valence-electron chi connectivity index (χ4n) is 3.20. The minimum Gasteiger partial charge on any atom is -0.378 e. The molecule has 1 fully saturated rings. The van der Waals surface area contributed by atoms with Crippen LogP contribution in [0.25, 0.3) is 0 Å². The Morgan fingerprint density at radius 1 is 1.53 bits per heavy atom. The Morgan fingerprint density at radius 3 is 3.16 bits per heavy atom. The summed E-state index contributed by atoms with van der Waals surface area (Å²) in [4.78, 5) is 11.4. The molecule has 1 aromatic rings. The number of carbonyl (C=O) groups excluding carboxylic acids is 1. The van der Waals surface area contributed by atoms with Crippen LogP contribution in [-0.2, 0) is 16.0 Å².